The Bertz CT molecular complexity index is 764. The zero-order valence-electron chi connectivity index (χ0n) is 13.0. The number of methoxy groups -OCH3 is 1. The fraction of sp³-hybridized carbons (Fsp3) is 0.176. The molecule has 5 nitrogen and oxygen atoms in total. The molecule has 1 amide bonds. The van der Waals surface area contributed by atoms with E-state index < -0.39 is 18.0 Å². The highest BCUT2D eigenvalue weighted by Crippen LogP contribution is 2.24. The molecule has 1 atom stereocenters. The first-order valence-electron chi connectivity index (χ1n) is 7.02. The quantitative estimate of drug-likeness (QED) is 0.804. The van der Waals surface area contributed by atoms with E-state index in [0.717, 1.165) is 0 Å². The van der Waals surface area contributed by atoms with Crippen LogP contribution in [0.1, 0.15) is 17.3 Å². The number of benzene rings is 2. The molecule has 0 aliphatic heterocycles. The molecule has 0 saturated carbocycles. The van der Waals surface area contributed by atoms with Gasteiger partial charge in [0.25, 0.3) is 5.91 Å². The monoisotopic (exact) mass is 367 g/mol. The van der Waals surface area contributed by atoms with Crippen LogP contribution in [0.15, 0.2) is 42.5 Å². The summed E-state index contributed by atoms with van der Waals surface area (Å²) in [5.41, 5.74) is 0.579. The largest absolute Gasteiger partial charge is 0.495 e. The van der Waals surface area contributed by atoms with Crippen molar-refractivity contribution in [2.24, 2.45) is 0 Å². The Morgan fingerprint density at radius 1 is 1.12 bits per heavy atom. The van der Waals surface area contributed by atoms with Gasteiger partial charge in [0.05, 0.1) is 23.4 Å². The molecule has 0 aliphatic rings. The second-order valence-electron chi connectivity index (χ2n) is 4.86. The topological polar surface area (TPSA) is 64.6 Å². The number of hydrogen-bond acceptors (Lipinski definition) is 4. The van der Waals surface area contributed by atoms with Crippen molar-refractivity contribution in [2.45, 2.75) is 13.0 Å². The zero-order valence-corrected chi connectivity index (χ0v) is 14.5. The smallest absolute Gasteiger partial charge is 0.340 e. The third kappa shape index (κ3) is 4.40. The minimum atomic E-state index is -1.03. The molecule has 0 heterocycles. The summed E-state index contributed by atoms with van der Waals surface area (Å²) in [5, 5.41) is 3.18. The van der Waals surface area contributed by atoms with E-state index in [4.69, 9.17) is 32.7 Å². The number of halogens is 2. The summed E-state index contributed by atoms with van der Waals surface area (Å²) >= 11 is 11.8. The van der Waals surface area contributed by atoms with Crippen LogP contribution in [0.4, 0.5) is 5.69 Å². The van der Waals surface area contributed by atoms with Gasteiger partial charge in [-0.1, -0.05) is 35.3 Å². The Kier molecular flexibility index (Phi) is 6.06. The van der Waals surface area contributed by atoms with E-state index >= 15 is 0 Å². The molecule has 0 aromatic heterocycles. The van der Waals surface area contributed by atoms with Crippen molar-refractivity contribution in [1.29, 1.82) is 0 Å². The van der Waals surface area contributed by atoms with E-state index in [1.54, 1.807) is 30.3 Å². The van der Waals surface area contributed by atoms with E-state index in [9.17, 15) is 9.59 Å². The molecule has 0 aliphatic carbocycles. The number of nitrogens with one attached hydrogen (secondary N) is 1. The molecule has 0 spiro atoms. The predicted molar refractivity (Wildman–Crippen MR) is 93.0 cm³/mol. The molecular formula is C17H15Cl2NO4. The minimum absolute atomic E-state index is 0.0982. The maximum atomic E-state index is 12.2. The van der Waals surface area contributed by atoms with Gasteiger partial charge in [0.15, 0.2) is 6.10 Å². The molecule has 126 valence electrons. The number of carbonyl (C=O) groups excluding carboxylic acids is 2. The van der Waals surface area contributed by atoms with Gasteiger partial charge in [-0.25, -0.2) is 4.79 Å². The van der Waals surface area contributed by atoms with Crippen LogP contribution in [0.2, 0.25) is 10.0 Å². The molecular weight excluding hydrogens is 353 g/mol. The highest BCUT2D eigenvalue weighted by molar-refractivity contribution is 6.35. The van der Waals surface area contributed by atoms with E-state index in [2.05, 4.69) is 5.32 Å². The molecule has 0 radical (unpaired) electrons. The van der Waals surface area contributed by atoms with E-state index in [1.165, 1.54) is 26.2 Å². The zero-order chi connectivity index (χ0) is 17.7. The fourth-order valence-corrected chi connectivity index (χ4v) is 2.28. The third-order valence-electron chi connectivity index (χ3n) is 3.17. The average molecular weight is 368 g/mol. The number of carbonyl (C=O) groups is 2. The average Bonchev–Trinajstić information content (AvgIpc) is 2.57. The summed E-state index contributed by atoms with van der Waals surface area (Å²) in [7, 11) is 1.50. The van der Waals surface area contributed by atoms with Crippen LogP contribution in [0, 0.1) is 0 Å². The number of ether oxygens (including phenoxy) is 2. The maximum Gasteiger partial charge on any atom is 0.340 e. The molecule has 0 bridgehead atoms. The highest BCUT2D eigenvalue weighted by Gasteiger charge is 2.21. The van der Waals surface area contributed by atoms with Gasteiger partial charge in [0.2, 0.25) is 0 Å². The first-order chi connectivity index (χ1) is 11.4. The number of amides is 1. The number of para-hydroxylation sites is 2. The first-order valence-corrected chi connectivity index (χ1v) is 7.78. The van der Waals surface area contributed by atoms with Crippen molar-refractivity contribution in [1.82, 2.24) is 0 Å². The molecule has 0 fully saturated rings. The summed E-state index contributed by atoms with van der Waals surface area (Å²) in [6.45, 7) is 1.46. The Labute approximate surface area is 149 Å². The summed E-state index contributed by atoms with van der Waals surface area (Å²) in [6, 6.07) is 11.3. The Morgan fingerprint density at radius 3 is 2.54 bits per heavy atom. The molecule has 2 aromatic carbocycles. The Morgan fingerprint density at radius 2 is 1.83 bits per heavy atom. The predicted octanol–water partition coefficient (Wildman–Crippen LogP) is 4.19. The molecule has 0 unspecified atom stereocenters. The standard InChI is InChI=1S/C17H15Cl2NO4/c1-10(16(21)20-14-5-3-4-6-15(14)23-2)24-17(22)12-9-11(18)7-8-13(12)19/h3-10H,1-2H3,(H,20,21)/t10-/m0/s1. The summed E-state index contributed by atoms with van der Waals surface area (Å²) in [6.07, 6.45) is -1.03. The van der Waals surface area contributed by atoms with Crippen molar-refractivity contribution in [2.75, 3.05) is 12.4 Å². The van der Waals surface area contributed by atoms with Crippen LogP contribution < -0.4 is 10.1 Å². The van der Waals surface area contributed by atoms with Crippen LogP contribution in [-0.2, 0) is 9.53 Å². The lowest BCUT2D eigenvalue weighted by atomic mass is 10.2. The molecule has 2 rings (SSSR count). The van der Waals surface area contributed by atoms with E-state index in [-0.39, 0.29) is 10.6 Å². The summed E-state index contributed by atoms with van der Waals surface area (Å²) < 4.78 is 10.3. The van der Waals surface area contributed by atoms with Crippen LogP contribution in [0.5, 0.6) is 5.75 Å². The lowest BCUT2D eigenvalue weighted by molar-refractivity contribution is -0.123. The number of rotatable bonds is 5. The van der Waals surface area contributed by atoms with E-state index in [0.29, 0.717) is 16.5 Å². The lowest BCUT2D eigenvalue weighted by Crippen LogP contribution is -2.30. The van der Waals surface area contributed by atoms with Gasteiger partial charge in [-0.3, -0.25) is 4.79 Å². The number of anilines is 1. The fourth-order valence-electron chi connectivity index (χ4n) is 1.91. The SMILES string of the molecule is COc1ccccc1NC(=O)[C@H](C)OC(=O)c1cc(Cl)ccc1Cl. The van der Waals surface area contributed by atoms with Gasteiger partial charge >= 0.3 is 5.97 Å². The Hall–Kier alpha value is -2.24. The van der Waals surface area contributed by atoms with Gasteiger partial charge < -0.3 is 14.8 Å². The van der Waals surface area contributed by atoms with Crippen LogP contribution in [0.25, 0.3) is 0 Å². The van der Waals surface area contributed by atoms with Gasteiger partial charge in [0, 0.05) is 5.02 Å². The highest BCUT2D eigenvalue weighted by atomic mass is 35.5. The second-order valence-corrected chi connectivity index (χ2v) is 5.70. The minimum Gasteiger partial charge on any atom is -0.495 e. The molecule has 1 N–H and O–H groups in total. The number of hydrogen-bond donors (Lipinski definition) is 1. The van der Waals surface area contributed by atoms with Crippen molar-refractivity contribution in [3.63, 3.8) is 0 Å². The van der Waals surface area contributed by atoms with Gasteiger partial charge in [0.1, 0.15) is 5.75 Å². The molecule has 7 heteroatoms. The molecule has 0 saturated heterocycles. The Balaban J connectivity index is 2.06. The van der Waals surface area contributed by atoms with Gasteiger partial charge in [-0.2, -0.15) is 0 Å². The van der Waals surface area contributed by atoms with Crippen LogP contribution >= 0.6 is 23.2 Å². The summed E-state index contributed by atoms with van der Waals surface area (Å²) in [5.74, 6) is -0.724. The normalized spacial score (nSPS) is 11.5. The number of esters is 1. The second kappa shape index (κ2) is 8.04. The van der Waals surface area contributed by atoms with Crippen molar-refractivity contribution >= 4 is 40.8 Å². The van der Waals surface area contributed by atoms with Gasteiger partial charge in [-0.15, -0.1) is 0 Å². The van der Waals surface area contributed by atoms with E-state index in [1.807, 2.05) is 0 Å². The van der Waals surface area contributed by atoms with Gasteiger partial charge in [-0.05, 0) is 37.3 Å². The summed E-state index contributed by atoms with van der Waals surface area (Å²) in [4.78, 5) is 24.3. The maximum absolute atomic E-state index is 12.2. The third-order valence-corrected chi connectivity index (χ3v) is 3.73. The van der Waals surface area contributed by atoms with Crippen LogP contribution in [0.3, 0.4) is 0 Å². The van der Waals surface area contributed by atoms with Crippen molar-refractivity contribution in [3.05, 3.63) is 58.1 Å². The molecule has 2 aromatic rings. The van der Waals surface area contributed by atoms with Crippen molar-refractivity contribution in [3.8, 4) is 5.75 Å². The van der Waals surface area contributed by atoms with Crippen molar-refractivity contribution < 1.29 is 19.1 Å². The van der Waals surface area contributed by atoms with Crippen LogP contribution in [-0.4, -0.2) is 25.1 Å². The first kappa shape index (κ1) is 18.1. The lowest BCUT2D eigenvalue weighted by Gasteiger charge is -2.15. The molecule has 24 heavy (non-hydrogen) atoms.